The second-order valence-corrected chi connectivity index (χ2v) is 6.89. The van der Waals surface area contributed by atoms with Gasteiger partial charge in [-0.3, -0.25) is 9.59 Å². The zero-order chi connectivity index (χ0) is 20.4. The van der Waals surface area contributed by atoms with Crippen LogP contribution in [0.5, 0.6) is 11.5 Å². The van der Waals surface area contributed by atoms with Gasteiger partial charge in [0.15, 0.2) is 11.5 Å². The molecule has 0 aliphatic carbocycles. The summed E-state index contributed by atoms with van der Waals surface area (Å²) in [5.74, 6) is 0.714. The molecule has 1 aliphatic rings. The summed E-state index contributed by atoms with van der Waals surface area (Å²) in [6.45, 7) is 0.639. The number of amides is 1. The van der Waals surface area contributed by atoms with Crippen LogP contribution in [-0.2, 0) is 11.3 Å². The predicted molar refractivity (Wildman–Crippen MR) is 110 cm³/mol. The van der Waals surface area contributed by atoms with Gasteiger partial charge < -0.3 is 19.4 Å². The Morgan fingerprint density at radius 2 is 1.72 bits per heavy atom. The van der Waals surface area contributed by atoms with Crippen LogP contribution in [0.4, 0.5) is 5.69 Å². The van der Waals surface area contributed by atoms with E-state index in [9.17, 15) is 9.59 Å². The molecule has 4 rings (SSSR count). The number of carbonyl (C=O) groups is 2. The topological polar surface area (TPSA) is 69.6 Å². The van der Waals surface area contributed by atoms with Crippen molar-refractivity contribution in [3.8, 4) is 11.5 Å². The highest BCUT2D eigenvalue weighted by atomic mass is 16.5. The minimum Gasteiger partial charge on any atom is -0.493 e. The molecule has 1 N–H and O–H groups in total. The lowest BCUT2D eigenvalue weighted by atomic mass is 10.0. The maximum Gasteiger partial charge on any atom is 0.233 e. The number of ketones is 1. The number of hydrogen-bond donors (Lipinski definition) is 1. The van der Waals surface area contributed by atoms with Crippen LogP contribution in [0.1, 0.15) is 34.1 Å². The van der Waals surface area contributed by atoms with Crippen LogP contribution in [0, 0.1) is 0 Å². The zero-order valence-electron chi connectivity index (χ0n) is 16.3. The van der Waals surface area contributed by atoms with Crippen LogP contribution in [0.3, 0.4) is 0 Å². The number of fused-ring (bicyclic) bond motifs is 1. The number of nitrogens with one attached hydrogen (secondary N) is 1. The number of ether oxygens (including phenoxy) is 2. The van der Waals surface area contributed by atoms with E-state index in [2.05, 4.69) is 5.32 Å². The molecule has 148 valence electrons. The van der Waals surface area contributed by atoms with Crippen LogP contribution >= 0.6 is 0 Å². The first kappa shape index (κ1) is 18.8. The normalized spacial score (nSPS) is 14.9. The molecule has 0 radical (unpaired) electrons. The molecule has 1 amide bonds. The fraction of sp³-hybridized carbons (Fsp3) is 0.217. The van der Waals surface area contributed by atoms with E-state index in [4.69, 9.17) is 9.47 Å². The number of nitrogens with zero attached hydrogens (tertiary/aromatic N) is 1. The predicted octanol–water partition coefficient (Wildman–Crippen LogP) is 3.86. The van der Waals surface area contributed by atoms with Crippen molar-refractivity contribution >= 4 is 17.4 Å². The highest BCUT2D eigenvalue weighted by Gasteiger charge is 2.32. The molecule has 2 aromatic carbocycles. The van der Waals surface area contributed by atoms with Crippen molar-refractivity contribution in [1.29, 1.82) is 0 Å². The molecule has 1 atom stereocenters. The molecule has 2 heterocycles. The van der Waals surface area contributed by atoms with Crippen molar-refractivity contribution in [2.24, 2.45) is 0 Å². The maximum atomic E-state index is 12.9. The van der Waals surface area contributed by atoms with Gasteiger partial charge in [-0.15, -0.1) is 0 Å². The van der Waals surface area contributed by atoms with Crippen LogP contribution in [0.25, 0.3) is 0 Å². The third-order valence-corrected chi connectivity index (χ3v) is 5.25. The second kappa shape index (κ2) is 7.83. The van der Waals surface area contributed by atoms with Crippen molar-refractivity contribution < 1.29 is 19.1 Å². The molecule has 6 nitrogen and oxygen atoms in total. The van der Waals surface area contributed by atoms with Crippen molar-refractivity contribution in [1.82, 2.24) is 4.57 Å². The van der Waals surface area contributed by atoms with E-state index in [0.29, 0.717) is 41.4 Å². The summed E-state index contributed by atoms with van der Waals surface area (Å²) in [5.41, 5.74) is 2.76. The minimum atomic E-state index is -0.305. The number of rotatable bonds is 6. The number of benzene rings is 2. The highest BCUT2D eigenvalue weighted by molar-refractivity contribution is 6.08. The van der Waals surface area contributed by atoms with E-state index in [1.807, 2.05) is 28.8 Å². The average molecular weight is 390 g/mol. The van der Waals surface area contributed by atoms with Crippen LogP contribution in [0.15, 0.2) is 60.7 Å². The van der Waals surface area contributed by atoms with Gasteiger partial charge in [0.2, 0.25) is 11.7 Å². The summed E-state index contributed by atoms with van der Waals surface area (Å²) in [5, 5.41) is 2.95. The van der Waals surface area contributed by atoms with Gasteiger partial charge in [0, 0.05) is 29.6 Å². The Balaban J connectivity index is 1.54. The third-order valence-electron chi connectivity index (χ3n) is 5.25. The molecule has 6 heteroatoms. The van der Waals surface area contributed by atoms with Gasteiger partial charge in [0.1, 0.15) is 0 Å². The fourth-order valence-corrected chi connectivity index (χ4v) is 3.79. The Hall–Kier alpha value is -3.54. The van der Waals surface area contributed by atoms with Crippen LogP contribution in [0.2, 0.25) is 0 Å². The highest BCUT2D eigenvalue weighted by Crippen LogP contribution is 2.34. The van der Waals surface area contributed by atoms with Gasteiger partial charge in [-0.05, 0) is 30.7 Å². The lowest BCUT2D eigenvalue weighted by molar-refractivity contribution is -0.117. The van der Waals surface area contributed by atoms with Gasteiger partial charge in [0.05, 0.1) is 25.8 Å². The fourth-order valence-electron chi connectivity index (χ4n) is 3.79. The lowest BCUT2D eigenvalue weighted by Crippen LogP contribution is -2.19. The summed E-state index contributed by atoms with van der Waals surface area (Å²) in [7, 11) is 3.12. The Morgan fingerprint density at radius 3 is 2.45 bits per heavy atom. The van der Waals surface area contributed by atoms with Gasteiger partial charge in [-0.25, -0.2) is 0 Å². The molecule has 0 unspecified atom stereocenters. The number of anilines is 1. The Bertz CT molecular complexity index is 1060. The summed E-state index contributed by atoms with van der Waals surface area (Å²) < 4.78 is 12.5. The smallest absolute Gasteiger partial charge is 0.233 e. The van der Waals surface area contributed by atoms with E-state index < -0.39 is 0 Å². The molecular formula is C23H22N2O4. The van der Waals surface area contributed by atoms with E-state index in [1.54, 1.807) is 50.6 Å². The van der Waals surface area contributed by atoms with Gasteiger partial charge >= 0.3 is 0 Å². The van der Waals surface area contributed by atoms with Crippen molar-refractivity contribution in [3.63, 3.8) is 0 Å². The summed E-state index contributed by atoms with van der Waals surface area (Å²) in [6, 6.07) is 18.1. The average Bonchev–Trinajstić information content (AvgIpc) is 3.36. The van der Waals surface area contributed by atoms with Crippen molar-refractivity contribution in [3.05, 3.63) is 77.6 Å². The lowest BCUT2D eigenvalue weighted by Gasteiger charge is -2.13. The summed E-state index contributed by atoms with van der Waals surface area (Å²) in [4.78, 5) is 25.7. The standard InChI is InChI=1S/C23H22N2O4/c1-28-20-11-8-16(14-21(20)29-2)24-23(27)17-12-13-25-18(17)9-10-19(25)22(26)15-6-4-3-5-7-15/h3-11,14,17H,12-13H2,1-2H3,(H,24,27)/t17-/m1/s1. The van der Waals surface area contributed by atoms with Crippen molar-refractivity contribution in [2.75, 3.05) is 19.5 Å². The molecule has 1 aliphatic heterocycles. The largest absolute Gasteiger partial charge is 0.493 e. The Morgan fingerprint density at radius 1 is 0.966 bits per heavy atom. The number of aromatic nitrogens is 1. The third kappa shape index (κ3) is 3.49. The molecule has 0 bridgehead atoms. The molecule has 0 fully saturated rings. The van der Waals surface area contributed by atoms with E-state index in [1.165, 1.54) is 0 Å². The first-order chi connectivity index (χ1) is 14.1. The quantitative estimate of drug-likeness (QED) is 0.649. The Kier molecular flexibility index (Phi) is 5.08. The van der Waals surface area contributed by atoms with Gasteiger partial charge in [-0.1, -0.05) is 30.3 Å². The molecule has 29 heavy (non-hydrogen) atoms. The monoisotopic (exact) mass is 390 g/mol. The first-order valence-electron chi connectivity index (χ1n) is 9.44. The molecule has 1 aromatic heterocycles. The van der Waals surface area contributed by atoms with Gasteiger partial charge in [0.25, 0.3) is 0 Å². The van der Waals surface area contributed by atoms with Crippen LogP contribution in [-0.4, -0.2) is 30.5 Å². The molecule has 0 saturated carbocycles. The van der Waals surface area contributed by atoms with Gasteiger partial charge in [-0.2, -0.15) is 0 Å². The molecular weight excluding hydrogens is 368 g/mol. The minimum absolute atomic E-state index is 0.0298. The maximum absolute atomic E-state index is 12.9. The van der Waals surface area contributed by atoms with E-state index in [-0.39, 0.29) is 17.6 Å². The van der Waals surface area contributed by atoms with Crippen LogP contribution < -0.4 is 14.8 Å². The number of hydrogen-bond acceptors (Lipinski definition) is 4. The number of carbonyl (C=O) groups excluding carboxylic acids is 2. The van der Waals surface area contributed by atoms with E-state index >= 15 is 0 Å². The first-order valence-corrected chi connectivity index (χ1v) is 9.44. The summed E-state index contributed by atoms with van der Waals surface area (Å²) in [6.07, 6.45) is 0.657. The molecule has 3 aromatic rings. The zero-order valence-corrected chi connectivity index (χ0v) is 16.3. The second-order valence-electron chi connectivity index (χ2n) is 6.89. The summed E-state index contributed by atoms with van der Waals surface area (Å²) >= 11 is 0. The Labute approximate surface area is 169 Å². The SMILES string of the molecule is COc1ccc(NC(=O)[C@@H]2CCn3c(C(=O)c4ccccc4)ccc32)cc1OC. The molecule has 0 saturated heterocycles. The number of methoxy groups -OCH3 is 2. The van der Waals surface area contributed by atoms with Crippen molar-refractivity contribution in [2.45, 2.75) is 18.9 Å². The molecule has 0 spiro atoms. The van der Waals surface area contributed by atoms with E-state index in [0.717, 1.165) is 5.69 Å².